The Balaban J connectivity index is 1.74. The zero-order valence-corrected chi connectivity index (χ0v) is 11.5. The van der Waals surface area contributed by atoms with Crippen molar-refractivity contribution in [2.45, 2.75) is 12.5 Å². The maximum absolute atomic E-state index is 12.7. The Morgan fingerprint density at radius 1 is 1.29 bits per heavy atom. The van der Waals surface area contributed by atoms with Gasteiger partial charge in [0.25, 0.3) is 5.91 Å². The van der Waals surface area contributed by atoms with Crippen molar-refractivity contribution in [1.29, 1.82) is 0 Å². The van der Waals surface area contributed by atoms with E-state index in [9.17, 15) is 9.59 Å². The van der Waals surface area contributed by atoms with Crippen molar-refractivity contribution in [1.82, 2.24) is 10.2 Å². The first kappa shape index (κ1) is 12.6. The van der Waals surface area contributed by atoms with Crippen LogP contribution in [0, 0.1) is 5.92 Å². The molecule has 1 amide bonds. The maximum Gasteiger partial charge on any atom is 0.349 e. The highest BCUT2D eigenvalue weighted by Crippen LogP contribution is 2.28. The number of carbonyl (C=O) groups is 1. The number of benzene rings is 1. The van der Waals surface area contributed by atoms with Crippen LogP contribution in [0.4, 0.5) is 0 Å². The predicted octanol–water partition coefficient (Wildman–Crippen LogP) is 1.23. The third kappa shape index (κ3) is 1.96. The molecule has 0 saturated carbocycles. The van der Waals surface area contributed by atoms with E-state index in [0.29, 0.717) is 11.5 Å². The maximum atomic E-state index is 12.7. The topological polar surface area (TPSA) is 62.6 Å². The van der Waals surface area contributed by atoms with E-state index in [4.69, 9.17) is 4.42 Å². The fourth-order valence-electron chi connectivity index (χ4n) is 3.47. The molecule has 2 aliphatic rings. The number of fused-ring (bicyclic) bond motifs is 2. The molecule has 1 N–H and O–H groups in total. The first-order valence-corrected chi connectivity index (χ1v) is 7.28. The van der Waals surface area contributed by atoms with E-state index < -0.39 is 5.63 Å². The number of rotatable bonds is 1. The molecule has 2 fully saturated rings. The second kappa shape index (κ2) is 4.70. The number of para-hydroxylation sites is 1. The van der Waals surface area contributed by atoms with Crippen LogP contribution in [0.25, 0.3) is 11.0 Å². The summed E-state index contributed by atoms with van der Waals surface area (Å²) >= 11 is 0. The standard InChI is InChI=1S/C16H16N2O3/c19-15(18-6-5-11-8-17-9-13(11)18)12-7-10-3-1-2-4-14(10)21-16(12)20/h1-4,7,11,13,17H,5-6,8-9H2/t11-,13+/m0/s1. The van der Waals surface area contributed by atoms with Gasteiger partial charge in [0.2, 0.25) is 0 Å². The summed E-state index contributed by atoms with van der Waals surface area (Å²) in [6.45, 7) is 2.50. The van der Waals surface area contributed by atoms with E-state index >= 15 is 0 Å². The first-order chi connectivity index (χ1) is 10.2. The molecule has 2 saturated heterocycles. The molecular formula is C16H16N2O3. The molecule has 2 aromatic rings. The van der Waals surface area contributed by atoms with E-state index in [1.54, 1.807) is 12.1 Å². The quantitative estimate of drug-likeness (QED) is 0.800. The molecule has 2 atom stereocenters. The van der Waals surface area contributed by atoms with Crippen LogP contribution in [-0.2, 0) is 0 Å². The minimum absolute atomic E-state index is 0.140. The Morgan fingerprint density at radius 3 is 3.05 bits per heavy atom. The van der Waals surface area contributed by atoms with Crippen LogP contribution in [0.15, 0.2) is 39.5 Å². The van der Waals surface area contributed by atoms with Crippen LogP contribution in [-0.4, -0.2) is 36.5 Å². The smallest absolute Gasteiger partial charge is 0.349 e. The number of amides is 1. The second-order valence-electron chi connectivity index (χ2n) is 5.76. The van der Waals surface area contributed by atoms with Crippen molar-refractivity contribution in [3.05, 3.63) is 46.3 Å². The van der Waals surface area contributed by atoms with Gasteiger partial charge in [0.15, 0.2) is 0 Å². The average Bonchev–Trinajstić information content (AvgIpc) is 3.08. The minimum Gasteiger partial charge on any atom is -0.422 e. The lowest BCUT2D eigenvalue weighted by atomic mass is 10.0. The van der Waals surface area contributed by atoms with Crippen molar-refractivity contribution in [3.8, 4) is 0 Å². The zero-order chi connectivity index (χ0) is 14.4. The van der Waals surface area contributed by atoms with Crippen molar-refractivity contribution in [2.75, 3.05) is 19.6 Å². The van der Waals surface area contributed by atoms with Gasteiger partial charge < -0.3 is 14.6 Å². The summed E-state index contributed by atoms with van der Waals surface area (Å²) in [6.07, 6.45) is 1.00. The van der Waals surface area contributed by atoms with E-state index in [1.807, 2.05) is 23.1 Å². The van der Waals surface area contributed by atoms with Gasteiger partial charge in [0.05, 0.1) is 0 Å². The van der Waals surface area contributed by atoms with E-state index in [-0.39, 0.29) is 17.5 Å². The summed E-state index contributed by atoms with van der Waals surface area (Å²) in [5, 5.41) is 4.09. The predicted molar refractivity (Wildman–Crippen MR) is 78.3 cm³/mol. The summed E-state index contributed by atoms with van der Waals surface area (Å²) in [7, 11) is 0. The van der Waals surface area contributed by atoms with Crippen molar-refractivity contribution >= 4 is 16.9 Å². The molecule has 0 unspecified atom stereocenters. The van der Waals surface area contributed by atoms with Crippen molar-refractivity contribution in [2.24, 2.45) is 5.92 Å². The molecule has 4 rings (SSSR count). The van der Waals surface area contributed by atoms with Gasteiger partial charge in [-0.3, -0.25) is 4.79 Å². The second-order valence-corrected chi connectivity index (χ2v) is 5.76. The fraction of sp³-hybridized carbons (Fsp3) is 0.375. The number of hydrogen-bond acceptors (Lipinski definition) is 4. The normalized spacial score (nSPS) is 24.5. The molecule has 2 aliphatic heterocycles. The van der Waals surface area contributed by atoms with Crippen LogP contribution in [0.2, 0.25) is 0 Å². The number of carbonyl (C=O) groups excluding carboxylic acids is 1. The first-order valence-electron chi connectivity index (χ1n) is 7.28. The molecule has 0 bridgehead atoms. The van der Waals surface area contributed by atoms with Gasteiger partial charge in [-0.1, -0.05) is 18.2 Å². The molecule has 108 valence electrons. The number of nitrogens with one attached hydrogen (secondary N) is 1. The van der Waals surface area contributed by atoms with Crippen LogP contribution in [0.1, 0.15) is 16.8 Å². The van der Waals surface area contributed by atoms with Gasteiger partial charge in [0.1, 0.15) is 11.1 Å². The lowest BCUT2D eigenvalue weighted by molar-refractivity contribution is 0.0733. The molecule has 0 spiro atoms. The molecule has 21 heavy (non-hydrogen) atoms. The Bertz CT molecular complexity index is 767. The van der Waals surface area contributed by atoms with Gasteiger partial charge in [-0.2, -0.15) is 0 Å². The van der Waals surface area contributed by atoms with E-state index in [0.717, 1.165) is 31.4 Å². The summed E-state index contributed by atoms with van der Waals surface area (Å²) < 4.78 is 5.27. The Hall–Kier alpha value is -2.14. The Morgan fingerprint density at radius 2 is 2.14 bits per heavy atom. The molecule has 0 aliphatic carbocycles. The fourth-order valence-corrected chi connectivity index (χ4v) is 3.47. The molecule has 3 heterocycles. The van der Waals surface area contributed by atoms with Crippen molar-refractivity contribution in [3.63, 3.8) is 0 Å². The third-order valence-corrected chi connectivity index (χ3v) is 4.58. The Labute approximate surface area is 121 Å². The molecular weight excluding hydrogens is 268 g/mol. The van der Waals surface area contributed by atoms with Crippen molar-refractivity contribution < 1.29 is 9.21 Å². The minimum atomic E-state index is -0.548. The lowest BCUT2D eigenvalue weighted by Gasteiger charge is -2.22. The Kier molecular flexibility index (Phi) is 2.82. The van der Waals surface area contributed by atoms with Crippen LogP contribution < -0.4 is 10.9 Å². The lowest BCUT2D eigenvalue weighted by Crippen LogP contribution is -2.40. The average molecular weight is 284 g/mol. The van der Waals surface area contributed by atoms with E-state index in [1.165, 1.54) is 0 Å². The SMILES string of the molecule is O=C(c1cc2ccccc2oc1=O)N1CC[C@H]2CNC[C@H]21. The van der Waals surface area contributed by atoms with Crippen LogP contribution >= 0.6 is 0 Å². The summed E-state index contributed by atoms with van der Waals surface area (Å²) in [4.78, 5) is 26.6. The van der Waals surface area contributed by atoms with Gasteiger partial charge in [0, 0.05) is 31.1 Å². The highest BCUT2D eigenvalue weighted by atomic mass is 16.4. The molecule has 5 nitrogen and oxygen atoms in total. The third-order valence-electron chi connectivity index (χ3n) is 4.58. The van der Waals surface area contributed by atoms with E-state index in [2.05, 4.69) is 5.32 Å². The summed E-state index contributed by atoms with van der Waals surface area (Å²) in [5.74, 6) is 0.312. The van der Waals surface area contributed by atoms with Crippen LogP contribution in [0.5, 0.6) is 0 Å². The van der Waals surface area contributed by atoms with Gasteiger partial charge in [-0.25, -0.2) is 4.79 Å². The largest absolute Gasteiger partial charge is 0.422 e. The number of hydrogen-bond donors (Lipinski definition) is 1. The monoisotopic (exact) mass is 284 g/mol. The zero-order valence-electron chi connectivity index (χ0n) is 11.5. The van der Waals surface area contributed by atoms with Gasteiger partial charge in [-0.05, 0) is 24.5 Å². The highest BCUT2D eigenvalue weighted by Gasteiger charge is 2.40. The molecule has 0 radical (unpaired) electrons. The highest BCUT2D eigenvalue weighted by molar-refractivity contribution is 5.97. The molecule has 1 aromatic carbocycles. The molecule has 1 aromatic heterocycles. The number of nitrogens with zero attached hydrogens (tertiary/aromatic N) is 1. The van der Waals surface area contributed by atoms with Crippen LogP contribution in [0.3, 0.4) is 0 Å². The molecule has 5 heteroatoms. The van der Waals surface area contributed by atoms with Gasteiger partial charge in [-0.15, -0.1) is 0 Å². The summed E-state index contributed by atoms with van der Waals surface area (Å²) in [6, 6.07) is 9.12. The summed E-state index contributed by atoms with van der Waals surface area (Å²) in [5.41, 5.74) is 0.107. The van der Waals surface area contributed by atoms with Gasteiger partial charge >= 0.3 is 5.63 Å². The number of likely N-dealkylation sites (tertiary alicyclic amines) is 1.